The van der Waals surface area contributed by atoms with Crippen LogP contribution in [0.25, 0.3) is 11.1 Å². The summed E-state index contributed by atoms with van der Waals surface area (Å²) in [6.07, 6.45) is -0.568. The van der Waals surface area contributed by atoms with E-state index in [1.807, 2.05) is 0 Å². The predicted octanol–water partition coefficient (Wildman–Crippen LogP) is 11.3. The van der Waals surface area contributed by atoms with Gasteiger partial charge >= 0.3 is 0 Å². The molecule has 4 aromatic carbocycles. The molecule has 0 bridgehead atoms. The van der Waals surface area contributed by atoms with Crippen LogP contribution < -0.4 is 0 Å². The Morgan fingerprint density at radius 1 is 0.523 bits per heavy atom. The molecule has 0 spiro atoms. The Hall–Kier alpha value is -3.72. The lowest BCUT2D eigenvalue weighted by Gasteiger charge is -2.42. The van der Waals surface area contributed by atoms with Crippen LogP contribution in [0.2, 0.25) is 0 Å². The Kier molecular flexibility index (Phi) is 10.5. The number of hydrogen-bond acceptors (Lipinski definition) is 2. The summed E-state index contributed by atoms with van der Waals surface area (Å²) in [5.41, 5.74) is 8.47. The lowest BCUT2D eigenvalue weighted by atomic mass is 9.72. The Morgan fingerprint density at radius 3 is 1.18 bits per heavy atom. The van der Waals surface area contributed by atoms with Crippen molar-refractivity contribution < 1.29 is 9.78 Å². The highest BCUT2D eigenvalue weighted by Gasteiger charge is 2.42. The second-order valence-corrected chi connectivity index (χ2v) is 13.6. The molecule has 0 aliphatic heterocycles. The normalized spacial score (nSPS) is 14.8. The van der Waals surface area contributed by atoms with Crippen molar-refractivity contribution in [1.82, 2.24) is 0 Å². The summed E-state index contributed by atoms with van der Waals surface area (Å²) in [5.74, 6) is 0.0686. The summed E-state index contributed by atoms with van der Waals surface area (Å²) >= 11 is 0. The summed E-state index contributed by atoms with van der Waals surface area (Å²) in [5, 5.41) is 0. The van der Waals surface area contributed by atoms with E-state index in [-0.39, 0.29) is 34.9 Å². The lowest BCUT2D eigenvalue weighted by Crippen LogP contribution is -2.45. The van der Waals surface area contributed by atoms with Crippen LogP contribution in [0.1, 0.15) is 101 Å². The van der Waals surface area contributed by atoms with Crippen molar-refractivity contribution in [2.45, 2.75) is 90.3 Å². The van der Waals surface area contributed by atoms with E-state index in [4.69, 9.17) is 9.78 Å². The molecular formula is C42H50O2. The quantitative estimate of drug-likeness (QED) is 0.115. The molecule has 2 heteroatoms. The van der Waals surface area contributed by atoms with Crippen molar-refractivity contribution in [3.05, 3.63) is 156 Å². The first-order valence-electron chi connectivity index (χ1n) is 15.8. The Labute approximate surface area is 266 Å². The van der Waals surface area contributed by atoms with E-state index >= 15 is 0 Å². The monoisotopic (exact) mass is 586 g/mol. The van der Waals surface area contributed by atoms with E-state index in [9.17, 15) is 0 Å². The maximum Gasteiger partial charge on any atom is 0.109 e. The van der Waals surface area contributed by atoms with Gasteiger partial charge in [-0.05, 0) is 47.2 Å². The molecule has 0 N–H and O–H groups in total. The third-order valence-electron chi connectivity index (χ3n) is 9.44. The van der Waals surface area contributed by atoms with E-state index < -0.39 is 0 Å². The average Bonchev–Trinajstić information content (AvgIpc) is 3.03. The molecule has 44 heavy (non-hydrogen) atoms. The fourth-order valence-electron chi connectivity index (χ4n) is 6.37. The van der Waals surface area contributed by atoms with Gasteiger partial charge in [0.1, 0.15) is 12.2 Å². The fourth-order valence-corrected chi connectivity index (χ4v) is 6.37. The second kappa shape index (κ2) is 13.9. The van der Waals surface area contributed by atoms with Crippen LogP contribution in [0.4, 0.5) is 0 Å². The molecule has 0 heterocycles. The lowest BCUT2D eigenvalue weighted by molar-refractivity contribution is -0.375. The predicted molar refractivity (Wildman–Crippen MR) is 188 cm³/mol. The molecule has 0 aromatic heterocycles. The first kappa shape index (κ1) is 33.2. The maximum atomic E-state index is 6.83. The van der Waals surface area contributed by atoms with E-state index in [2.05, 4.69) is 178 Å². The van der Waals surface area contributed by atoms with Crippen LogP contribution in [-0.4, -0.2) is 12.2 Å². The van der Waals surface area contributed by atoms with Gasteiger partial charge in [0.15, 0.2) is 0 Å². The van der Waals surface area contributed by atoms with Gasteiger partial charge in [-0.15, -0.1) is 0 Å². The topological polar surface area (TPSA) is 18.5 Å². The third-order valence-corrected chi connectivity index (χ3v) is 9.44. The van der Waals surface area contributed by atoms with Crippen LogP contribution >= 0.6 is 0 Å². The zero-order valence-corrected chi connectivity index (χ0v) is 27.9. The van der Waals surface area contributed by atoms with E-state index in [0.717, 1.165) is 22.3 Å². The van der Waals surface area contributed by atoms with Crippen LogP contribution in [0.3, 0.4) is 0 Å². The van der Waals surface area contributed by atoms with Crippen molar-refractivity contribution in [1.29, 1.82) is 0 Å². The van der Waals surface area contributed by atoms with Crippen LogP contribution in [0.5, 0.6) is 0 Å². The zero-order chi connectivity index (χ0) is 32.1. The molecule has 4 rings (SSSR count). The Morgan fingerprint density at radius 2 is 0.864 bits per heavy atom. The molecule has 4 atom stereocenters. The molecule has 4 aromatic rings. The van der Waals surface area contributed by atoms with Gasteiger partial charge in [-0.1, -0.05) is 175 Å². The third kappa shape index (κ3) is 7.32. The van der Waals surface area contributed by atoms with Crippen molar-refractivity contribution in [2.75, 3.05) is 0 Å². The first-order valence-corrected chi connectivity index (χ1v) is 15.8. The van der Waals surface area contributed by atoms with Gasteiger partial charge in [0, 0.05) is 22.7 Å². The SMILES string of the molecule is C=C(C)c1cccc(C(C)C(OOC(C(C)c2cccc(C(=C)C)c2)C(C)(C)c2ccccc2)C(C)(C)c2ccccc2)c1. The van der Waals surface area contributed by atoms with Gasteiger partial charge in [-0.25, -0.2) is 9.78 Å². The summed E-state index contributed by atoms with van der Waals surface area (Å²) < 4.78 is 0. The number of allylic oxidation sites excluding steroid dienone is 2. The van der Waals surface area contributed by atoms with E-state index in [1.54, 1.807) is 0 Å². The minimum atomic E-state index is -0.357. The number of hydrogen-bond donors (Lipinski definition) is 0. The molecule has 0 aliphatic rings. The highest BCUT2D eigenvalue weighted by atomic mass is 17.2. The highest BCUT2D eigenvalue weighted by Crippen LogP contribution is 2.42. The molecule has 0 saturated carbocycles. The Bertz CT molecular complexity index is 1430. The van der Waals surface area contributed by atoms with E-state index in [0.29, 0.717) is 0 Å². The second-order valence-electron chi connectivity index (χ2n) is 13.6. The van der Waals surface area contributed by atoms with Crippen molar-refractivity contribution >= 4 is 11.1 Å². The van der Waals surface area contributed by atoms with Crippen LogP contribution in [0.15, 0.2) is 122 Å². The zero-order valence-electron chi connectivity index (χ0n) is 27.9. The van der Waals surface area contributed by atoms with Gasteiger partial charge in [0.05, 0.1) is 0 Å². The van der Waals surface area contributed by atoms with Crippen molar-refractivity contribution in [3.8, 4) is 0 Å². The van der Waals surface area contributed by atoms with Gasteiger partial charge in [0.25, 0.3) is 0 Å². The number of rotatable bonds is 13. The molecule has 0 fully saturated rings. The smallest absolute Gasteiger partial charge is 0.109 e. The minimum Gasteiger partial charge on any atom is -0.231 e. The highest BCUT2D eigenvalue weighted by molar-refractivity contribution is 5.62. The summed E-state index contributed by atoms with van der Waals surface area (Å²) in [4.78, 5) is 13.7. The van der Waals surface area contributed by atoms with Crippen LogP contribution in [0, 0.1) is 0 Å². The molecule has 2 nitrogen and oxygen atoms in total. The largest absolute Gasteiger partial charge is 0.231 e. The van der Waals surface area contributed by atoms with Gasteiger partial charge in [-0.3, -0.25) is 0 Å². The van der Waals surface area contributed by atoms with Crippen molar-refractivity contribution in [2.24, 2.45) is 0 Å². The molecular weight excluding hydrogens is 536 g/mol. The standard InChI is InChI=1S/C42H50O2/c1-29(2)33-19-17-21-35(27-33)31(5)39(41(7,8)37-23-13-11-14-24-37)43-44-40(42(9,10)38-25-15-12-16-26-38)32(6)36-22-18-20-34(28-36)30(3)4/h11-28,31-32,39-40H,1,3H2,2,4-10H3. The fraction of sp³-hybridized carbons (Fsp3) is 0.333. The van der Waals surface area contributed by atoms with Crippen molar-refractivity contribution in [3.63, 3.8) is 0 Å². The van der Waals surface area contributed by atoms with Gasteiger partial charge < -0.3 is 0 Å². The Balaban J connectivity index is 1.78. The van der Waals surface area contributed by atoms with Gasteiger partial charge in [0.2, 0.25) is 0 Å². The molecule has 230 valence electrons. The molecule has 0 saturated heterocycles. The average molecular weight is 587 g/mol. The molecule has 0 radical (unpaired) electrons. The molecule has 0 amide bonds. The molecule has 4 unspecified atom stereocenters. The first-order chi connectivity index (χ1) is 20.8. The summed E-state index contributed by atoms with van der Waals surface area (Å²) in [6.45, 7) is 26.0. The number of benzene rings is 4. The summed E-state index contributed by atoms with van der Waals surface area (Å²) in [7, 11) is 0. The summed E-state index contributed by atoms with van der Waals surface area (Å²) in [6, 6.07) is 38.6. The maximum absolute atomic E-state index is 6.83. The molecule has 0 aliphatic carbocycles. The minimum absolute atomic E-state index is 0.0343. The van der Waals surface area contributed by atoms with E-state index in [1.165, 1.54) is 22.3 Å². The van der Waals surface area contributed by atoms with Gasteiger partial charge in [-0.2, -0.15) is 0 Å². The van der Waals surface area contributed by atoms with Crippen LogP contribution in [-0.2, 0) is 20.6 Å².